The topological polar surface area (TPSA) is 40.6 Å². The molecule has 0 radical (unpaired) electrons. The zero-order valence-electron chi connectivity index (χ0n) is 21.5. The molecular formula is C30H37ClN2O2S. The molecule has 0 fully saturated rings. The van der Waals surface area contributed by atoms with Crippen LogP contribution in [0.25, 0.3) is 10.6 Å². The minimum Gasteiger partial charge on any atom is -0.302 e. The average Bonchev–Trinajstić information content (AvgIpc) is 2.91. The van der Waals surface area contributed by atoms with Crippen LogP contribution in [0.15, 0.2) is 84.9 Å². The first-order chi connectivity index (χ1) is 17.4. The molecule has 0 spiro atoms. The Kier molecular flexibility index (Phi) is 10.6. The van der Waals surface area contributed by atoms with Crippen LogP contribution in [-0.4, -0.2) is 45.2 Å². The number of hydrogen-bond donors (Lipinski definition) is 0. The lowest BCUT2D eigenvalue weighted by Gasteiger charge is -2.28. The number of nitrogens with zero attached hydrogens (tertiary/aromatic N) is 2. The van der Waals surface area contributed by atoms with E-state index in [1.807, 2.05) is 91.9 Å². The van der Waals surface area contributed by atoms with Gasteiger partial charge in [-0.3, -0.25) is 4.31 Å². The molecule has 0 aromatic heterocycles. The molecular weight excluding hydrogens is 488 g/mol. The zero-order valence-corrected chi connectivity index (χ0v) is 23.1. The van der Waals surface area contributed by atoms with Crippen LogP contribution in [0.1, 0.15) is 50.3 Å². The van der Waals surface area contributed by atoms with Crippen molar-refractivity contribution in [1.82, 2.24) is 4.90 Å². The van der Waals surface area contributed by atoms with Crippen LogP contribution >= 0.6 is 11.6 Å². The van der Waals surface area contributed by atoms with E-state index in [1.54, 1.807) is 4.31 Å². The summed E-state index contributed by atoms with van der Waals surface area (Å²) in [5.41, 5.74) is 4.52. The lowest BCUT2D eigenvalue weighted by Crippen LogP contribution is -2.40. The highest BCUT2D eigenvalue weighted by atomic mass is 35.5. The van der Waals surface area contributed by atoms with E-state index in [0.29, 0.717) is 30.2 Å². The number of anilines is 1. The van der Waals surface area contributed by atoms with Crippen LogP contribution in [0.3, 0.4) is 0 Å². The first-order valence-electron chi connectivity index (χ1n) is 12.7. The fourth-order valence-electron chi connectivity index (χ4n) is 4.19. The predicted molar refractivity (Wildman–Crippen MR) is 155 cm³/mol. The molecule has 0 amide bonds. The van der Waals surface area contributed by atoms with E-state index in [-0.39, 0.29) is 5.75 Å². The van der Waals surface area contributed by atoms with Crippen LogP contribution in [0.5, 0.6) is 0 Å². The number of benzene rings is 3. The molecule has 0 aliphatic carbocycles. The Labute approximate surface area is 222 Å². The third kappa shape index (κ3) is 7.22. The van der Waals surface area contributed by atoms with Gasteiger partial charge in [-0.2, -0.15) is 0 Å². The van der Waals surface area contributed by atoms with Crippen molar-refractivity contribution in [1.29, 1.82) is 0 Å². The average molecular weight is 525 g/mol. The molecule has 0 N–H and O–H groups in total. The summed E-state index contributed by atoms with van der Waals surface area (Å²) >= 11 is 7.01. The van der Waals surface area contributed by atoms with Gasteiger partial charge in [-0.1, -0.05) is 112 Å². The maximum atomic E-state index is 13.2. The smallest absolute Gasteiger partial charge is 0.235 e. The highest BCUT2D eigenvalue weighted by Gasteiger charge is 2.23. The Hall–Kier alpha value is -2.60. The molecule has 0 aliphatic heterocycles. The Bertz CT molecular complexity index is 1170. The molecule has 0 saturated heterocycles. The van der Waals surface area contributed by atoms with Crippen LogP contribution in [0.4, 0.5) is 5.69 Å². The maximum Gasteiger partial charge on any atom is 0.235 e. The molecule has 0 atom stereocenters. The molecule has 3 aromatic rings. The molecule has 6 heteroatoms. The molecule has 192 valence electrons. The summed E-state index contributed by atoms with van der Waals surface area (Å²) in [6, 6.07) is 27.8. The van der Waals surface area contributed by atoms with Gasteiger partial charge >= 0.3 is 0 Å². The Morgan fingerprint density at radius 2 is 1.25 bits per heavy atom. The van der Waals surface area contributed by atoms with E-state index in [2.05, 4.69) is 18.7 Å². The Balaban J connectivity index is 2.00. The quantitative estimate of drug-likeness (QED) is 0.223. The fourth-order valence-corrected chi connectivity index (χ4v) is 6.21. The van der Waals surface area contributed by atoms with E-state index in [0.717, 1.165) is 41.8 Å². The van der Waals surface area contributed by atoms with Crippen LogP contribution < -0.4 is 4.31 Å². The van der Waals surface area contributed by atoms with Crippen molar-refractivity contribution in [3.63, 3.8) is 0 Å². The summed E-state index contributed by atoms with van der Waals surface area (Å²) in [6.45, 7) is 9.10. The van der Waals surface area contributed by atoms with Crippen LogP contribution in [0, 0.1) is 0 Å². The molecule has 0 aliphatic rings. The number of sulfonamides is 1. The minimum absolute atomic E-state index is 0.149. The van der Waals surface area contributed by atoms with Gasteiger partial charge in [0.2, 0.25) is 10.0 Å². The molecule has 0 heterocycles. The largest absolute Gasteiger partial charge is 0.302 e. The summed E-state index contributed by atoms with van der Waals surface area (Å²) in [6.07, 6.45) is 1.48. The Morgan fingerprint density at radius 3 is 1.72 bits per heavy atom. The summed E-state index contributed by atoms with van der Waals surface area (Å²) < 4.78 is 28.1. The number of rotatable bonds is 13. The summed E-state index contributed by atoms with van der Waals surface area (Å²) in [7, 11) is -3.42. The molecule has 4 nitrogen and oxygen atoms in total. The second-order valence-electron chi connectivity index (χ2n) is 8.74. The fraction of sp³-hybridized carbons (Fsp3) is 0.333. The number of halogens is 1. The highest BCUT2D eigenvalue weighted by Crippen LogP contribution is 2.35. The third-order valence-corrected chi connectivity index (χ3v) is 8.64. The van der Waals surface area contributed by atoms with Crippen molar-refractivity contribution in [3.8, 4) is 0 Å². The lowest BCUT2D eigenvalue weighted by atomic mass is 9.95. The summed E-state index contributed by atoms with van der Waals surface area (Å²) in [5, 5.41) is 0.627. The second-order valence-corrected chi connectivity index (χ2v) is 11.1. The third-order valence-electron chi connectivity index (χ3n) is 6.36. The van der Waals surface area contributed by atoms with Crippen molar-refractivity contribution in [2.24, 2.45) is 0 Å². The van der Waals surface area contributed by atoms with Crippen LogP contribution in [0.2, 0.25) is 0 Å². The van der Waals surface area contributed by atoms with E-state index in [1.165, 1.54) is 0 Å². The number of hydrogen-bond acceptors (Lipinski definition) is 3. The van der Waals surface area contributed by atoms with Gasteiger partial charge in [-0.15, -0.1) is 0 Å². The van der Waals surface area contributed by atoms with Gasteiger partial charge in [0.15, 0.2) is 0 Å². The summed E-state index contributed by atoms with van der Waals surface area (Å²) in [4.78, 5) is 2.24. The van der Waals surface area contributed by atoms with Crippen LogP contribution in [-0.2, 0) is 10.0 Å². The van der Waals surface area contributed by atoms with Gasteiger partial charge in [-0.05, 0) is 48.3 Å². The van der Waals surface area contributed by atoms with E-state index >= 15 is 0 Å². The molecule has 0 saturated carbocycles. The number of likely N-dealkylation sites (N-methyl/N-ethyl adjacent to an activating group) is 1. The Morgan fingerprint density at radius 1 is 0.722 bits per heavy atom. The molecule has 0 unspecified atom stereocenters. The van der Waals surface area contributed by atoms with E-state index < -0.39 is 10.0 Å². The van der Waals surface area contributed by atoms with Crippen molar-refractivity contribution in [2.45, 2.75) is 33.6 Å². The highest BCUT2D eigenvalue weighted by molar-refractivity contribution is 7.92. The van der Waals surface area contributed by atoms with Gasteiger partial charge in [0.25, 0.3) is 0 Å². The van der Waals surface area contributed by atoms with Crippen molar-refractivity contribution < 1.29 is 8.42 Å². The van der Waals surface area contributed by atoms with E-state index in [9.17, 15) is 8.42 Å². The normalized spacial score (nSPS) is 11.5. The van der Waals surface area contributed by atoms with Gasteiger partial charge in [0.05, 0.1) is 16.5 Å². The maximum absolute atomic E-state index is 13.2. The van der Waals surface area contributed by atoms with Gasteiger partial charge in [0, 0.05) is 18.7 Å². The monoisotopic (exact) mass is 524 g/mol. The molecule has 3 aromatic carbocycles. The lowest BCUT2D eigenvalue weighted by molar-refractivity contribution is 0.313. The van der Waals surface area contributed by atoms with Crippen molar-refractivity contribution in [2.75, 3.05) is 36.2 Å². The standard InChI is InChI=1S/C30H37ClN2O2S/c1-4-7-24-36(34,35)33(23-22-32(5-2)6-3)28-20-18-27(19-21-28)30(31)29(25-14-10-8-11-15-25)26-16-12-9-13-17-26/h8-21H,4-7,22-24H2,1-3H3. The first kappa shape index (κ1) is 28.0. The number of unbranched alkanes of at least 4 members (excludes halogenated alkanes) is 1. The zero-order chi connectivity index (χ0) is 26.0. The van der Waals surface area contributed by atoms with Gasteiger partial charge < -0.3 is 4.90 Å². The van der Waals surface area contributed by atoms with Gasteiger partial charge in [0.1, 0.15) is 0 Å². The SMILES string of the molecule is CCCCS(=O)(=O)N(CCN(CC)CC)c1ccc(C(Cl)=C(c2ccccc2)c2ccccc2)cc1. The van der Waals surface area contributed by atoms with Crippen molar-refractivity contribution >= 4 is 37.9 Å². The summed E-state index contributed by atoms with van der Waals surface area (Å²) in [5.74, 6) is 0.149. The predicted octanol–water partition coefficient (Wildman–Crippen LogP) is 7.12. The molecule has 3 rings (SSSR count). The van der Waals surface area contributed by atoms with E-state index in [4.69, 9.17) is 11.6 Å². The first-order valence-corrected chi connectivity index (χ1v) is 14.7. The van der Waals surface area contributed by atoms with Gasteiger partial charge in [-0.25, -0.2) is 8.42 Å². The minimum atomic E-state index is -3.42. The second kappa shape index (κ2) is 13.6. The van der Waals surface area contributed by atoms with Crippen molar-refractivity contribution in [3.05, 3.63) is 102 Å². The molecule has 36 heavy (non-hydrogen) atoms. The molecule has 0 bridgehead atoms.